The minimum absolute atomic E-state index is 0.00170. The molecule has 4 aromatic rings. The summed E-state index contributed by atoms with van der Waals surface area (Å²) >= 11 is 12.6. The summed E-state index contributed by atoms with van der Waals surface area (Å²) in [5, 5.41) is 3.75. The Morgan fingerprint density at radius 3 is 2.11 bits per heavy atom. The van der Waals surface area contributed by atoms with Gasteiger partial charge in [0.2, 0.25) is 11.8 Å². The van der Waals surface area contributed by atoms with Crippen molar-refractivity contribution in [2.75, 3.05) is 17.4 Å². The first-order chi connectivity index (χ1) is 21.1. The molecule has 0 spiro atoms. The van der Waals surface area contributed by atoms with E-state index in [4.69, 9.17) is 23.2 Å². The summed E-state index contributed by atoms with van der Waals surface area (Å²) in [7, 11) is -4.21. The molecule has 2 amide bonds. The largest absolute Gasteiger partial charge is 0.354 e. The maximum absolute atomic E-state index is 14.4. The van der Waals surface area contributed by atoms with Crippen molar-refractivity contribution in [3.05, 3.63) is 130 Å². The molecule has 0 aliphatic carbocycles. The van der Waals surface area contributed by atoms with Gasteiger partial charge in [-0.05, 0) is 66.9 Å². The van der Waals surface area contributed by atoms with Gasteiger partial charge in [-0.1, -0.05) is 96.4 Å². The molecule has 0 radical (unpaired) electrons. The van der Waals surface area contributed by atoms with Gasteiger partial charge in [-0.25, -0.2) is 8.42 Å². The molecule has 7 nitrogen and oxygen atoms in total. The zero-order valence-electron chi connectivity index (χ0n) is 24.6. The van der Waals surface area contributed by atoms with Gasteiger partial charge < -0.3 is 10.2 Å². The van der Waals surface area contributed by atoms with Crippen LogP contribution in [-0.2, 0) is 32.6 Å². The van der Waals surface area contributed by atoms with Crippen LogP contribution in [0.1, 0.15) is 30.0 Å². The summed E-state index contributed by atoms with van der Waals surface area (Å²) in [6.45, 7) is 3.71. The van der Waals surface area contributed by atoms with Crippen LogP contribution in [0.5, 0.6) is 0 Å². The lowest BCUT2D eigenvalue weighted by molar-refractivity contribution is -0.140. The van der Waals surface area contributed by atoms with E-state index >= 15 is 0 Å². The molecule has 0 unspecified atom stereocenters. The molecule has 4 rings (SSSR count). The van der Waals surface area contributed by atoms with E-state index < -0.39 is 28.5 Å². The first-order valence-electron chi connectivity index (χ1n) is 14.3. The molecule has 1 atom stereocenters. The molecular weight excluding hydrogens is 617 g/mol. The van der Waals surface area contributed by atoms with Crippen molar-refractivity contribution in [1.82, 2.24) is 10.2 Å². The first-order valence-corrected chi connectivity index (χ1v) is 16.5. The van der Waals surface area contributed by atoms with Gasteiger partial charge in [0.15, 0.2) is 0 Å². The minimum atomic E-state index is -4.21. The molecule has 0 bridgehead atoms. The second-order valence-electron chi connectivity index (χ2n) is 10.4. The van der Waals surface area contributed by atoms with E-state index in [1.807, 2.05) is 44.2 Å². The molecule has 4 aromatic carbocycles. The Bertz CT molecular complexity index is 1670. The normalized spacial score (nSPS) is 11.9. The molecule has 10 heteroatoms. The average molecular weight is 653 g/mol. The number of nitrogens with zero attached hydrogens (tertiary/aromatic N) is 2. The number of carbonyl (C=O) groups is 2. The van der Waals surface area contributed by atoms with Crippen LogP contribution in [0.15, 0.2) is 108 Å². The third kappa shape index (κ3) is 8.40. The summed E-state index contributed by atoms with van der Waals surface area (Å²) in [4.78, 5) is 29.5. The third-order valence-corrected chi connectivity index (χ3v) is 9.53. The number of benzene rings is 4. The fourth-order valence-corrected chi connectivity index (χ4v) is 6.44. The summed E-state index contributed by atoms with van der Waals surface area (Å²) in [5.41, 5.74) is 2.73. The number of rotatable bonds is 13. The number of hydrogen-bond acceptors (Lipinski definition) is 4. The van der Waals surface area contributed by atoms with Crippen LogP contribution in [0.3, 0.4) is 0 Å². The van der Waals surface area contributed by atoms with Gasteiger partial charge in [0.25, 0.3) is 10.0 Å². The SMILES string of the molecule is CCCNC(=O)[C@H](Cc1ccccc1)N(Cc1ccccc1Cl)C(=O)CN(c1ccc(C)cc1)S(=O)(=O)c1ccc(Cl)cc1. The van der Waals surface area contributed by atoms with Crippen molar-refractivity contribution in [2.45, 2.75) is 44.2 Å². The lowest BCUT2D eigenvalue weighted by Crippen LogP contribution is -2.53. The zero-order valence-corrected chi connectivity index (χ0v) is 26.9. The van der Waals surface area contributed by atoms with Crippen LogP contribution >= 0.6 is 23.2 Å². The van der Waals surface area contributed by atoms with E-state index in [-0.39, 0.29) is 23.8 Å². The van der Waals surface area contributed by atoms with Crippen LogP contribution in [0.2, 0.25) is 10.0 Å². The van der Waals surface area contributed by atoms with Gasteiger partial charge in [0.1, 0.15) is 12.6 Å². The second-order valence-corrected chi connectivity index (χ2v) is 13.1. The standard InChI is InChI=1S/C34H35Cl2N3O4S/c1-3-21-37-34(41)32(22-26-9-5-4-6-10-26)38(23-27-11-7-8-12-31(27)36)33(40)24-39(29-17-13-25(2)14-18-29)44(42,43)30-19-15-28(35)16-20-30/h4-20,32H,3,21-24H2,1-2H3,(H,37,41)/t32-/m0/s1. The van der Waals surface area contributed by atoms with Gasteiger partial charge in [-0.3, -0.25) is 13.9 Å². The Morgan fingerprint density at radius 2 is 1.48 bits per heavy atom. The van der Waals surface area contributed by atoms with Crippen molar-refractivity contribution in [2.24, 2.45) is 0 Å². The average Bonchev–Trinajstić information content (AvgIpc) is 3.02. The number of halogens is 2. The van der Waals surface area contributed by atoms with Gasteiger partial charge in [-0.2, -0.15) is 0 Å². The van der Waals surface area contributed by atoms with E-state index in [0.29, 0.717) is 34.3 Å². The fourth-order valence-electron chi connectivity index (χ4n) is 4.70. The Balaban J connectivity index is 1.80. The van der Waals surface area contributed by atoms with E-state index in [9.17, 15) is 18.0 Å². The first kappa shape index (κ1) is 33.1. The Morgan fingerprint density at radius 1 is 0.841 bits per heavy atom. The topological polar surface area (TPSA) is 86.8 Å². The van der Waals surface area contributed by atoms with E-state index in [0.717, 1.165) is 15.4 Å². The van der Waals surface area contributed by atoms with Gasteiger partial charge >= 0.3 is 0 Å². The highest BCUT2D eigenvalue weighted by Gasteiger charge is 2.34. The molecule has 0 saturated heterocycles. The molecule has 0 aliphatic heterocycles. The van der Waals surface area contributed by atoms with Crippen molar-refractivity contribution in [3.63, 3.8) is 0 Å². The summed E-state index contributed by atoms with van der Waals surface area (Å²) in [5.74, 6) is -0.894. The lowest BCUT2D eigenvalue weighted by atomic mass is 10.0. The summed E-state index contributed by atoms with van der Waals surface area (Å²) < 4.78 is 29.2. The molecular formula is C34H35Cl2N3O4S. The van der Waals surface area contributed by atoms with E-state index in [1.165, 1.54) is 29.2 Å². The molecule has 0 saturated carbocycles. The number of carbonyl (C=O) groups excluding carboxylic acids is 2. The number of hydrogen-bond donors (Lipinski definition) is 1. The number of anilines is 1. The fraction of sp³-hybridized carbons (Fsp3) is 0.235. The minimum Gasteiger partial charge on any atom is -0.354 e. The maximum atomic E-state index is 14.4. The summed E-state index contributed by atoms with van der Waals surface area (Å²) in [6.07, 6.45) is 0.934. The zero-order chi connectivity index (χ0) is 31.7. The molecule has 0 aliphatic rings. The van der Waals surface area contributed by atoms with Crippen LogP contribution in [0, 0.1) is 6.92 Å². The molecule has 230 valence electrons. The van der Waals surface area contributed by atoms with Crippen LogP contribution in [-0.4, -0.2) is 44.3 Å². The van der Waals surface area contributed by atoms with Crippen LogP contribution < -0.4 is 9.62 Å². The highest BCUT2D eigenvalue weighted by atomic mass is 35.5. The maximum Gasteiger partial charge on any atom is 0.264 e. The second kappa shape index (κ2) is 15.2. The predicted molar refractivity (Wildman–Crippen MR) is 176 cm³/mol. The number of aryl methyl sites for hydroxylation is 1. The van der Waals surface area contributed by atoms with Crippen molar-refractivity contribution < 1.29 is 18.0 Å². The Hall–Kier alpha value is -3.85. The molecule has 0 aromatic heterocycles. The Labute approximate surface area is 269 Å². The van der Waals surface area contributed by atoms with E-state index in [2.05, 4.69) is 5.32 Å². The monoisotopic (exact) mass is 651 g/mol. The van der Waals surface area contributed by atoms with E-state index in [1.54, 1.807) is 48.5 Å². The molecule has 1 N–H and O–H groups in total. The highest BCUT2D eigenvalue weighted by Crippen LogP contribution is 2.27. The van der Waals surface area contributed by atoms with Gasteiger partial charge in [-0.15, -0.1) is 0 Å². The quantitative estimate of drug-likeness (QED) is 0.175. The van der Waals surface area contributed by atoms with Crippen molar-refractivity contribution in [3.8, 4) is 0 Å². The number of sulfonamides is 1. The number of nitrogens with one attached hydrogen (secondary N) is 1. The van der Waals surface area contributed by atoms with Crippen LogP contribution in [0.4, 0.5) is 5.69 Å². The Kier molecular flexibility index (Phi) is 11.4. The molecule has 0 heterocycles. The number of amides is 2. The predicted octanol–water partition coefficient (Wildman–Crippen LogP) is 6.66. The smallest absolute Gasteiger partial charge is 0.264 e. The van der Waals surface area contributed by atoms with Crippen molar-refractivity contribution in [1.29, 1.82) is 0 Å². The third-order valence-electron chi connectivity index (χ3n) is 7.12. The van der Waals surface area contributed by atoms with Crippen LogP contribution in [0.25, 0.3) is 0 Å². The van der Waals surface area contributed by atoms with Gasteiger partial charge in [0.05, 0.1) is 10.6 Å². The lowest BCUT2D eigenvalue weighted by Gasteiger charge is -2.34. The molecule has 44 heavy (non-hydrogen) atoms. The highest BCUT2D eigenvalue weighted by molar-refractivity contribution is 7.92. The van der Waals surface area contributed by atoms with Gasteiger partial charge in [0, 0.05) is 29.6 Å². The molecule has 0 fully saturated rings. The van der Waals surface area contributed by atoms with Crippen molar-refractivity contribution >= 4 is 50.7 Å². The summed E-state index contributed by atoms with van der Waals surface area (Å²) in [6, 6.07) is 28.2.